The van der Waals surface area contributed by atoms with Crippen LogP contribution in [0, 0.1) is 19.8 Å². The van der Waals surface area contributed by atoms with Gasteiger partial charge in [-0.15, -0.1) is 11.3 Å². The molecule has 5 heteroatoms. The van der Waals surface area contributed by atoms with Crippen LogP contribution in [-0.4, -0.2) is 19.5 Å². The highest BCUT2D eigenvalue weighted by Gasteiger charge is 2.24. The summed E-state index contributed by atoms with van der Waals surface area (Å²) in [4.78, 5) is 16.5. The van der Waals surface area contributed by atoms with Crippen molar-refractivity contribution in [2.24, 2.45) is 5.92 Å². The van der Waals surface area contributed by atoms with Gasteiger partial charge in [0.1, 0.15) is 17.5 Å². The van der Waals surface area contributed by atoms with Gasteiger partial charge in [0.2, 0.25) is 0 Å². The lowest BCUT2D eigenvalue weighted by molar-refractivity contribution is 0.509. The number of imidazole rings is 1. The van der Waals surface area contributed by atoms with Crippen molar-refractivity contribution < 1.29 is 0 Å². The molecule has 25 heavy (non-hydrogen) atoms. The summed E-state index contributed by atoms with van der Waals surface area (Å²) < 4.78 is 2.14. The molecule has 1 aromatic carbocycles. The zero-order valence-electron chi connectivity index (χ0n) is 14.7. The molecule has 0 fully saturated rings. The van der Waals surface area contributed by atoms with E-state index < -0.39 is 0 Å². The number of fused-ring (bicyclic) bond motifs is 4. The Kier molecular flexibility index (Phi) is 3.22. The van der Waals surface area contributed by atoms with Gasteiger partial charge in [0.15, 0.2) is 5.82 Å². The summed E-state index contributed by atoms with van der Waals surface area (Å²) in [5.41, 5.74) is 6.15. The fourth-order valence-corrected chi connectivity index (χ4v) is 5.22. The zero-order valence-corrected chi connectivity index (χ0v) is 15.5. The maximum Gasteiger partial charge on any atom is 0.150 e. The largest absolute Gasteiger partial charge is 0.282 e. The second kappa shape index (κ2) is 5.36. The summed E-state index contributed by atoms with van der Waals surface area (Å²) >= 11 is 1.84. The van der Waals surface area contributed by atoms with Gasteiger partial charge in [0.05, 0.1) is 16.4 Å². The third-order valence-corrected chi connectivity index (χ3v) is 6.62. The average molecular weight is 348 g/mol. The Labute approximate surface area is 150 Å². The predicted octanol–water partition coefficient (Wildman–Crippen LogP) is 4.77. The normalized spacial score (nSPS) is 17.3. The van der Waals surface area contributed by atoms with Gasteiger partial charge < -0.3 is 0 Å². The lowest BCUT2D eigenvalue weighted by atomic mass is 9.89. The Hall–Kier alpha value is -2.27. The van der Waals surface area contributed by atoms with Crippen LogP contribution in [0.5, 0.6) is 0 Å². The van der Waals surface area contributed by atoms with Crippen LogP contribution in [0.2, 0.25) is 0 Å². The first kappa shape index (κ1) is 15.0. The van der Waals surface area contributed by atoms with Gasteiger partial charge >= 0.3 is 0 Å². The van der Waals surface area contributed by atoms with Crippen LogP contribution in [0.15, 0.2) is 24.8 Å². The fraction of sp³-hybridized carbons (Fsp3) is 0.350. The maximum absolute atomic E-state index is 4.67. The van der Waals surface area contributed by atoms with E-state index in [0.29, 0.717) is 0 Å². The quantitative estimate of drug-likeness (QED) is 0.497. The van der Waals surface area contributed by atoms with Gasteiger partial charge in [0.25, 0.3) is 0 Å². The Morgan fingerprint density at radius 2 is 1.96 bits per heavy atom. The summed E-state index contributed by atoms with van der Waals surface area (Å²) in [5.74, 6) is 1.74. The Morgan fingerprint density at radius 1 is 1.12 bits per heavy atom. The van der Waals surface area contributed by atoms with Gasteiger partial charge in [0, 0.05) is 4.88 Å². The molecule has 0 unspecified atom stereocenters. The summed E-state index contributed by atoms with van der Waals surface area (Å²) in [7, 11) is 0. The molecule has 0 N–H and O–H groups in total. The number of rotatable bonds is 1. The molecule has 1 atom stereocenters. The molecular formula is C20H20N4S. The zero-order chi connectivity index (χ0) is 17.1. The molecule has 0 amide bonds. The SMILES string of the molecule is Cc1cc2ncn(-c3ncnc4sc5c(c34)CC[C@@H](C)C5)c2cc1C. The minimum Gasteiger partial charge on any atom is -0.282 e. The Morgan fingerprint density at radius 3 is 2.84 bits per heavy atom. The fourth-order valence-electron chi connectivity index (χ4n) is 3.87. The lowest BCUT2D eigenvalue weighted by Crippen LogP contribution is -2.09. The van der Waals surface area contributed by atoms with E-state index in [1.807, 2.05) is 17.7 Å². The number of thiophene rings is 1. The third kappa shape index (κ3) is 2.22. The topological polar surface area (TPSA) is 43.6 Å². The molecule has 0 radical (unpaired) electrons. The first-order valence-corrected chi connectivity index (χ1v) is 9.63. The molecule has 126 valence electrons. The molecule has 4 nitrogen and oxygen atoms in total. The van der Waals surface area contributed by atoms with E-state index in [-0.39, 0.29) is 0 Å². The van der Waals surface area contributed by atoms with E-state index in [1.165, 1.54) is 39.8 Å². The van der Waals surface area contributed by atoms with Crippen LogP contribution in [-0.2, 0) is 12.8 Å². The first-order chi connectivity index (χ1) is 12.1. The summed E-state index contributed by atoms with van der Waals surface area (Å²) in [6.07, 6.45) is 7.13. The van der Waals surface area contributed by atoms with Crippen molar-refractivity contribution >= 4 is 32.6 Å². The molecule has 3 heterocycles. The Bertz CT molecular complexity index is 1120. The van der Waals surface area contributed by atoms with Crippen LogP contribution < -0.4 is 0 Å². The van der Waals surface area contributed by atoms with Crippen LogP contribution in [0.3, 0.4) is 0 Å². The smallest absolute Gasteiger partial charge is 0.150 e. The Balaban J connectivity index is 1.80. The number of nitrogens with zero attached hydrogens (tertiary/aromatic N) is 4. The lowest BCUT2D eigenvalue weighted by Gasteiger charge is -2.18. The predicted molar refractivity (Wildman–Crippen MR) is 103 cm³/mol. The number of hydrogen-bond acceptors (Lipinski definition) is 4. The van der Waals surface area contributed by atoms with Crippen molar-refractivity contribution in [2.75, 3.05) is 0 Å². The van der Waals surface area contributed by atoms with Gasteiger partial charge in [-0.2, -0.15) is 0 Å². The van der Waals surface area contributed by atoms with Crippen molar-refractivity contribution in [3.8, 4) is 5.82 Å². The summed E-state index contributed by atoms with van der Waals surface area (Å²) in [6.45, 7) is 6.62. The first-order valence-electron chi connectivity index (χ1n) is 8.81. The average Bonchev–Trinajstić information content (AvgIpc) is 3.15. The van der Waals surface area contributed by atoms with E-state index in [4.69, 9.17) is 0 Å². The molecule has 4 aromatic rings. The highest BCUT2D eigenvalue weighted by molar-refractivity contribution is 7.18. The minimum absolute atomic E-state index is 0.761. The van der Waals surface area contributed by atoms with E-state index in [2.05, 4.69) is 52.4 Å². The number of benzene rings is 1. The van der Waals surface area contributed by atoms with E-state index >= 15 is 0 Å². The van der Waals surface area contributed by atoms with Gasteiger partial charge in [-0.1, -0.05) is 6.92 Å². The molecule has 3 aromatic heterocycles. The maximum atomic E-state index is 4.67. The second-order valence-corrected chi connectivity index (χ2v) is 8.35. The van der Waals surface area contributed by atoms with E-state index in [1.54, 1.807) is 6.33 Å². The van der Waals surface area contributed by atoms with Crippen LogP contribution in [0.1, 0.15) is 34.9 Å². The van der Waals surface area contributed by atoms with Gasteiger partial charge in [-0.3, -0.25) is 4.57 Å². The van der Waals surface area contributed by atoms with Crippen LogP contribution in [0.4, 0.5) is 0 Å². The highest BCUT2D eigenvalue weighted by atomic mass is 32.1. The summed E-state index contributed by atoms with van der Waals surface area (Å²) in [5, 5.41) is 1.23. The molecule has 0 saturated heterocycles. The minimum atomic E-state index is 0.761. The molecule has 1 aliphatic carbocycles. The second-order valence-electron chi connectivity index (χ2n) is 7.27. The van der Waals surface area contributed by atoms with Gasteiger partial charge in [-0.25, -0.2) is 15.0 Å². The van der Waals surface area contributed by atoms with Crippen molar-refractivity contribution in [3.05, 3.63) is 46.4 Å². The molecule has 0 saturated carbocycles. The van der Waals surface area contributed by atoms with E-state index in [9.17, 15) is 0 Å². The molecule has 0 bridgehead atoms. The third-order valence-electron chi connectivity index (χ3n) is 5.46. The van der Waals surface area contributed by atoms with E-state index in [0.717, 1.165) is 34.0 Å². The van der Waals surface area contributed by atoms with Crippen molar-refractivity contribution in [3.63, 3.8) is 0 Å². The molecule has 1 aliphatic rings. The number of hydrogen-bond donors (Lipinski definition) is 0. The van der Waals surface area contributed by atoms with Crippen LogP contribution in [0.25, 0.3) is 27.1 Å². The van der Waals surface area contributed by atoms with Crippen molar-refractivity contribution in [2.45, 2.75) is 40.0 Å². The number of aromatic nitrogens is 4. The molecule has 5 rings (SSSR count). The van der Waals surface area contributed by atoms with Crippen molar-refractivity contribution in [1.82, 2.24) is 19.5 Å². The molecular weight excluding hydrogens is 328 g/mol. The standard InChI is InChI=1S/C20H20N4S/c1-11-4-5-14-17(6-11)25-20-18(14)19(21-9-22-20)24-10-23-15-7-12(2)13(3)8-16(15)24/h7-11H,4-6H2,1-3H3/t11-/m1/s1. The highest BCUT2D eigenvalue weighted by Crippen LogP contribution is 2.39. The van der Waals surface area contributed by atoms with Gasteiger partial charge in [-0.05, 0) is 67.9 Å². The monoisotopic (exact) mass is 348 g/mol. The number of aryl methyl sites for hydroxylation is 3. The molecule has 0 aliphatic heterocycles. The molecule has 0 spiro atoms. The summed E-state index contributed by atoms with van der Waals surface area (Å²) in [6, 6.07) is 4.37. The van der Waals surface area contributed by atoms with Crippen LogP contribution >= 0.6 is 11.3 Å². The van der Waals surface area contributed by atoms with Crippen molar-refractivity contribution in [1.29, 1.82) is 0 Å².